The maximum atomic E-state index is 12.8. The van der Waals surface area contributed by atoms with Crippen LogP contribution in [0.1, 0.15) is 188 Å². The van der Waals surface area contributed by atoms with E-state index in [1.165, 1.54) is 0 Å². The summed E-state index contributed by atoms with van der Waals surface area (Å²) in [6.07, 6.45) is 81.3. The zero-order chi connectivity index (χ0) is 47.7. The standard InChI is InChI=1S/C61H94O5/c1-4-7-10-13-16-19-22-25-27-29-30-31-33-35-38-41-44-47-50-53-56-64-57-59(66-61(63)55-52-49-46-43-40-36-24-21-18-15-12-9-6-3)58-65-60(62)54-51-48-45-42-39-37-34-32-28-26-23-20-17-14-11-8-5-2/h7-12,16-21,25-28,30-31,34-38,40,46,49,59H,4-6,13-15,22-24,29,32-33,39,41-45,47-48,50-58H2,1-3H3/b10-7-,11-8-,12-9-,19-16-,20-17-,21-18-,27-25-,28-26-,31-30-,37-34-,38-35-,40-36-,49-46-. The van der Waals surface area contributed by atoms with Gasteiger partial charge >= 0.3 is 11.9 Å². The number of allylic oxidation sites excluding steroid dienone is 26. The second-order valence-electron chi connectivity index (χ2n) is 16.3. The van der Waals surface area contributed by atoms with E-state index in [1.54, 1.807) is 0 Å². The summed E-state index contributed by atoms with van der Waals surface area (Å²) >= 11 is 0. The van der Waals surface area contributed by atoms with E-state index in [0.717, 1.165) is 148 Å². The van der Waals surface area contributed by atoms with Gasteiger partial charge in [0.05, 0.1) is 6.61 Å². The molecule has 0 N–H and O–H groups in total. The largest absolute Gasteiger partial charge is 0.462 e. The van der Waals surface area contributed by atoms with Gasteiger partial charge in [-0.2, -0.15) is 0 Å². The number of carbonyl (C=O) groups excluding carboxylic acids is 2. The van der Waals surface area contributed by atoms with Crippen LogP contribution in [0, 0.1) is 0 Å². The number of carbonyl (C=O) groups is 2. The van der Waals surface area contributed by atoms with Crippen LogP contribution in [-0.4, -0.2) is 37.9 Å². The highest BCUT2D eigenvalue weighted by Crippen LogP contribution is 2.10. The maximum absolute atomic E-state index is 12.8. The molecular weight excluding hydrogens is 813 g/mol. The van der Waals surface area contributed by atoms with E-state index < -0.39 is 6.10 Å². The molecule has 0 aliphatic carbocycles. The molecule has 0 saturated heterocycles. The van der Waals surface area contributed by atoms with E-state index in [1.807, 2.05) is 6.08 Å². The highest BCUT2D eigenvalue weighted by atomic mass is 16.6. The minimum atomic E-state index is -0.611. The van der Waals surface area contributed by atoms with Crippen LogP contribution in [0.15, 0.2) is 158 Å². The molecule has 1 atom stereocenters. The van der Waals surface area contributed by atoms with Crippen molar-refractivity contribution in [2.45, 2.75) is 194 Å². The normalized spacial score (nSPS) is 13.6. The second kappa shape index (κ2) is 54.9. The van der Waals surface area contributed by atoms with Gasteiger partial charge in [-0.05, 0) is 128 Å². The van der Waals surface area contributed by atoms with Crippen molar-refractivity contribution >= 4 is 11.9 Å². The van der Waals surface area contributed by atoms with Crippen LogP contribution in [0.3, 0.4) is 0 Å². The average Bonchev–Trinajstić information content (AvgIpc) is 3.32. The van der Waals surface area contributed by atoms with Gasteiger partial charge in [-0.25, -0.2) is 0 Å². The maximum Gasteiger partial charge on any atom is 0.306 e. The Morgan fingerprint density at radius 1 is 0.333 bits per heavy atom. The predicted octanol–water partition coefficient (Wildman–Crippen LogP) is 17.9. The van der Waals surface area contributed by atoms with Gasteiger partial charge < -0.3 is 14.2 Å². The first-order chi connectivity index (χ1) is 32.6. The van der Waals surface area contributed by atoms with E-state index in [2.05, 4.69) is 173 Å². The molecule has 0 aromatic heterocycles. The van der Waals surface area contributed by atoms with E-state index in [0.29, 0.717) is 19.4 Å². The van der Waals surface area contributed by atoms with Crippen LogP contribution in [0.5, 0.6) is 0 Å². The Labute approximate surface area is 405 Å². The van der Waals surface area contributed by atoms with Gasteiger partial charge in [-0.3, -0.25) is 9.59 Å². The SMILES string of the molecule is CC/C=C\C/C=C\C/C=C\C/C=C\C/C=C\CCCCCCOCC(COC(=O)CCCCCC/C=C\C/C=C\C/C=C\C/C=C\CC)OC(=O)CC/C=C\C/C=C\C/C=C\C/C=C\CC. The Balaban J connectivity index is 4.47. The number of esters is 2. The first kappa shape index (κ1) is 61.5. The third kappa shape index (κ3) is 52.1. The minimum absolute atomic E-state index is 0.0215. The first-order valence-electron chi connectivity index (χ1n) is 26.0. The van der Waals surface area contributed by atoms with Crippen LogP contribution >= 0.6 is 0 Å². The van der Waals surface area contributed by atoms with Crippen molar-refractivity contribution in [1.82, 2.24) is 0 Å². The summed E-state index contributed by atoms with van der Waals surface area (Å²) in [5, 5.41) is 0. The molecule has 0 spiro atoms. The molecule has 66 heavy (non-hydrogen) atoms. The zero-order valence-electron chi connectivity index (χ0n) is 42.1. The zero-order valence-corrected chi connectivity index (χ0v) is 42.1. The number of hydrogen-bond acceptors (Lipinski definition) is 5. The van der Waals surface area contributed by atoms with Crippen LogP contribution in [0.4, 0.5) is 0 Å². The van der Waals surface area contributed by atoms with Gasteiger partial charge in [-0.15, -0.1) is 0 Å². The van der Waals surface area contributed by atoms with Crippen molar-refractivity contribution in [3.8, 4) is 0 Å². The number of ether oxygens (including phenoxy) is 3. The van der Waals surface area contributed by atoms with Crippen molar-refractivity contribution in [3.63, 3.8) is 0 Å². The first-order valence-corrected chi connectivity index (χ1v) is 26.0. The van der Waals surface area contributed by atoms with Crippen LogP contribution in [0.2, 0.25) is 0 Å². The van der Waals surface area contributed by atoms with Gasteiger partial charge in [0.25, 0.3) is 0 Å². The molecule has 1 unspecified atom stereocenters. The molecule has 0 heterocycles. The van der Waals surface area contributed by atoms with E-state index in [-0.39, 0.29) is 31.6 Å². The fraction of sp³-hybridized carbons (Fsp3) is 0.541. The van der Waals surface area contributed by atoms with Crippen molar-refractivity contribution in [2.75, 3.05) is 19.8 Å². The van der Waals surface area contributed by atoms with Crippen molar-refractivity contribution in [3.05, 3.63) is 158 Å². The summed E-state index contributed by atoms with van der Waals surface area (Å²) < 4.78 is 17.3. The van der Waals surface area contributed by atoms with Gasteiger partial charge in [-0.1, -0.05) is 204 Å². The van der Waals surface area contributed by atoms with Crippen LogP contribution in [-0.2, 0) is 23.8 Å². The molecule has 368 valence electrons. The molecule has 0 saturated carbocycles. The van der Waals surface area contributed by atoms with Gasteiger partial charge in [0.2, 0.25) is 0 Å². The summed E-state index contributed by atoms with van der Waals surface area (Å²) in [4.78, 5) is 25.4. The fourth-order valence-electron chi connectivity index (χ4n) is 6.30. The van der Waals surface area contributed by atoms with E-state index in [9.17, 15) is 9.59 Å². The molecular formula is C61H94O5. The molecule has 0 aliphatic rings. The predicted molar refractivity (Wildman–Crippen MR) is 288 cm³/mol. The topological polar surface area (TPSA) is 61.8 Å². The van der Waals surface area contributed by atoms with Gasteiger partial charge in [0.1, 0.15) is 6.61 Å². The Bertz CT molecular complexity index is 1490. The third-order valence-electron chi connectivity index (χ3n) is 10.1. The number of hydrogen-bond donors (Lipinski definition) is 0. The molecule has 0 aromatic carbocycles. The summed E-state index contributed by atoms with van der Waals surface area (Å²) in [6, 6.07) is 0. The van der Waals surface area contributed by atoms with Crippen molar-refractivity contribution in [2.24, 2.45) is 0 Å². The fourth-order valence-corrected chi connectivity index (χ4v) is 6.30. The highest BCUT2D eigenvalue weighted by Gasteiger charge is 2.17. The monoisotopic (exact) mass is 907 g/mol. The molecule has 0 rings (SSSR count). The Kier molecular flexibility index (Phi) is 51.1. The van der Waals surface area contributed by atoms with Gasteiger partial charge in [0, 0.05) is 19.4 Å². The lowest BCUT2D eigenvalue weighted by molar-refractivity contribution is -0.162. The second-order valence-corrected chi connectivity index (χ2v) is 16.3. The Hall–Kier alpha value is -4.48. The molecule has 0 fully saturated rings. The van der Waals surface area contributed by atoms with Crippen molar-refractivity contribution < 1.29 is 23.8 Å². The summed E-state index contributed by atoms with van der Waals surface area (Å²) in [7, 11) is 0. The smallest absolute Gasteiger partial charge is 0.306 e. The lowest BCUT2D eigenvalue weighted by Gasteiger charge is -2.18. The Morgan fingerprint density at radius 3 is 1.06 bits per heavy atom. The third-order valence-corrected chi connectivity index (χ3v) is 10.1. The van der Waals surface area contributed by atoms with E-state index in [4.69, 9.17) is 14.2 Å². The Morgan fingerprint density at radius 2 is 0.667 bits per heavy atom. The van der Waals surface area contributed by atoms with Crippen LogP contribution < -0.4 is 0 Å². The molecule has 0 radical (unpaired) electrons. The molecule has 0 aromatic rings. The van der Waals surface area contributed by atoms with Crippen LogP contribution in [0.25, 0.3) is 0 Å². The molecule has 5 nitrogen and oxygen atoms in total. The van der Waals surface area contributed by atoms with Gasteiger partial charge in [0.15, 0.2) is 6.10 Å². The minimum Gasteiger partial charge on any atom is -0.462 e. The summed E-state index contributed by atoms with van der Waals surface area (Å²) in [5.41, 5.74) is 0. The summed E-state index contributed by atoms with van der Waals surface area (Å²) in [5.74, 6) is -0.548. The quantitative estimate of drug-likeness (QED) is 0.0346. The van der Waals surface area contributed by atoms with Crippen molar-refractivity contribution in [1.29, 1.82) is 0 Å². The molecule has 0 aliphatic heterocycles. The molecule has 0 bridgehead atoms. The lowest BCUT2D eigenvalue weighted by atomic mass is 10.1. The lowest BCUT2D eigenvalue weighted by Crippen LogP contribution is -2.30. The highest BCUT2D eigenvalue weighted by molar-refractivity contribution is 5.70. The number of unbranched alkanes of at least 4 members (excludes halogenated alkanes) is 8. The average molecular weight is 907 g/mol. The molecule has 5 heteroatoms. The molecule has 0 amide bonds. The number of rotatable bonds is 45. The summed E-state index contributed by atoms with van der Waals surface area (Å²) in [6.45, 7) is 7.29. The van der Waals surface area contributed by atoms with E-state index >= 15 is 0 Å².